The van der Waals surface area contributed by atoms with E-state index in [2.05, 4.69) is 34.3 Å². The molecule has 0 aromatic carbocycles. The van der Waals surface area contributed by atoms with E-state index in [1.807, 2.05) is 7.05 Å². The molecule has 13 heavy (non-hydrogen) atoms. The average Bonchev–Trinajstić information content (AvgIpc) is 2.64. The van der Waals surface area contributed by atoms with Crippen LogP contribution in [0.2, 0.25) is 0 Å². The molecule has 1 heterocycles. The quantitative estimate of drug-likeness (QED) is 0.530. The Labute approximate surface area is 84.8 Å². The molecule has 0 aromatic heterocycles. The van der Waals surface area contributed by atoms with E-state index < -0.39 is 0 Å². The van der Waals surface area contributed by atoms with Crippen LogP contribution in [0.1, 0.15) is 19.8 Å². The minimum absolute atomic E-state index is 0.787. The lowest BCUT2D eigenvalue weighted by Crippen LogP contribution is -2.39. The minimum Gasteiger partial charge on any atom is -0.357 e. The first-order chi connectivity index (χ1) is 6.36. The summed E-state index contributed by atoms with van der Waals surface area (Å²) in [5, 5.41) is 7.30. The summed E-state index contributed by atoms with van der Waals surface area (Å²) in [7, 11) is 1.81. The molecule has 2 N–H and O–H groups in total. The second kappa shape index (κ2) is 6.13. The zero-order valence-electron chi connectivity index (χ0n) is 8.47. The summed E-state index contributed by atoms with van der Waals surface area (Å²) >= 11 is 2.07. The first kappa shape index (κ1) is 10.7. The standard InChI is InChI=1S/C9H19N3S/c1-3-11-9(10-2)12-7-8-5-4-6-13-8/h8H,3-7H2,1-2H3,(H2,10,11,12). The van der Waals surface area contributed by atoms with Crippen LogP contribution < -0.4 is 10.6 Å². The third-order valence-electron chi connectivity index (χ3n) is 2.09. The number of hydrogen-bond acceptors (Lipinski definition) is 2. The van der Waals surface area contributed by atoms with Crippen molar-refractivity contribution in [2.75, 3.05) is 25.9 Å². The van der Waals surface area contributed by atoms with E-state index in [1.165, 1.54) is 18.6 Å². The predicted molar refractivity (Wildman–Crippen MR) is 60.5 cm³/mol. The van der Waals surface area contributed by atoms with E-state index in [4.69, 9.17) is 0 Å². The van der Waals surface area contributed by atoms with Gasteiger partial charge < -0.3 is 10.6 Å². The molecule has 1 aliphatic rings. The van der Waals surface area contributed by atoms with Crippen molar-refractivity contribution < 1.29 is 0 Å². The van der Waals surface area contributed by atoms with Gasteiger partial charge in [-0.05, 0) is 25.5 Å². The SMILES string of the molecule is CCNC(=NC)NCC1CCCS1. The van der Waals surface area contributed by atoms with Gasteiger partial charge in [-0.3, -0.25) is 4.99 Å². The second-order valence-corrected chi connectivity index (χ2v) is 4.53. The number of hydrogen-bond donors (Lipinski definition) is 2. The maximum atomic E-state index is 4.12. The van der Waals surface area contributed by atoms with Crippen LogP contribution in [0.25, 0.3) is 0 Å². The van der Waals surface area contributed by atoms with E-state index in [-0.39, 0.29) is 0 Å². The Morgan fingerprint density at radius 2 is 2.38 bits per heavy atom. The lowest BCUT2D eigenvalue weighted by atomic mass is 10.2. The second-order valence-electron chi connectivity index (χ2n) is 3.12. The fraction of sp³-hybridized carbons (Fsp3) is 0.889. The lowest BCUT2D eigenvalue weighted by molar-refractivity contribution is 0.730. The minimum atomic E-state index is 0.787. The molecule has 1 unspecified atom stereocenters. The van der Waals surface area contributed by atoms with E-state index >= 15 is 0 Å². The number of nitrogens with zero attached hydrogens (tertiary/aromatic N) is 1. The molecule has 4 heteroatoms. The number of aliphatic imine (C=N–C) groups is 1. The molecular weight excluding hydrogens is 182 g/mol. The molecule has 3 nitrogen and oxygen atoms in total. The van der Waals surface area contributed by atoms with Gasteiger partial charge in [-0.15, -0.1) is 0 Å². The summed E-state index contributed by atoms with van der Waals surface area (Å²) in [4.78, 5) is 4.12. The van der Waals surface area contributed by atoms with Crippen molar-refractivity contribution in [3.8, 4) is 0 Å². The van der Waals surface area contributed by atoms with Crippen molar-refractivity contribution in [3.63, 3.8) is 0 Å². The zero-order valence-corrected chi connectivity index (χ0v) is 9.28. The Bertz CT molecular complexity index is 164. The first-order valence-corrected chi connectivity index (χ1v) is 5.97. The number of nitrogens with one attached hydrogen (secondary N) is 2. The third-order valence-corrected chi connectivity index (χ3v) is 3.49. The van der Waals surface area contributed by atoms with Crippen LogP contribution in [0.5, 0.6) is 0 Å². The Hall–Kier alpha value is -0.380. The van der Waals surface area contributed by atoms with Crippen molar-refractivity contribution in [2.45, 2.75) is 25.0 Å². The summed E-state index contributed by atoms with van der Waals surface area (Å²) in [6, 6.07) is 0. The van der Waals surface area contributed by atoms with Gasteiger partial charge in [0, 0.05) is 25.4 Å². The van der Waals surface area contributed by atoms with Gasteiger partial charge in [0.2, 0.25) is 0 Å². The highest BCUT2D eigenvalue weighted by Crippen LogP contribution is 2.24. The van der Waals surface area contributed by atoms with Crippen molar-refractivity contribution >= 4 is 17.7 Å². The molecule has 0 saturated carbocycles. The van der Waals surface area contributed by atoms with Gasteiger partial charge >= 0.3 is 0 Å². The van der Waals surface area contributed by atoms with Gasteiger partial charge in [-0.1, -0.05) is 0 Å². The smallest absolute Gasteiger partial charge is 0.191 e. The molecule has 0 bridgehead atoms. The highest BCUT2D eigenvalue weighted by Gasteiger charge is 2.15. The predicted octanol–water partition coefficient (Wildman–Crippen LogP) is 1.07. The van der Waals surface area contributed by atoms with Crippen LogP contribution in [0.15, 0.2) is 4.99 Å². The van der Waals surface area contributed by atoms with Gasteiger partial charge in [0.15, 0.2) is 5.96 Å². The van der Waals surface area contributed by atoms with E-state index in [0.717, 1.165) is 24.3 Å². The molecule has 76 valence electrons. The average molecular weight is 201 g/mol. The van der Waals surface area contributed by atoms with Crippen molar-refractivity contribution in [2.24, 2.45) is 4.99 Å². The number of thioether (sulfide) groups is 1. The molecule has 1 rings (SSSR count). The molecule has 0 aromatic rings. The van der Waals surface area contributed by atoms with Gasteiger partial charge in [0.25, 0.3) is 0 Å². The van der Waals surface area contributed by atoms with Gasteiger partial charge in [0.1, 0.15) is 0 Å². The summed E-state index contributed by atoms with van der Waals surface area (Å²) < 4.78 is 0. The van der Waals surface area contributed by atoms with Crippen molar-refractivity contribution in [1.29, 1.82) is 0 Å². The Morgan fingerprint density at radius 3 is 2.92 bits per heavy atom. The zero-order chi connectivity index (χ0) is 9.52. The van der Waals surface area contributed by atoms with E-state index in [1.54, 1.807) is 0 Å². The highest BCUT2D eigenvalue weighted by atomic mass is 32.2. The van der Waals surface area contributed by atoms with Gasteiger partial charge in [-0.25, -0.2) is 0 Å². The Balaban J connectivity index is 2.15. The van der Waals surface area contributed by atoms with E-state index in [0.29, 0.717) is 0 Å². The normalized spacial score (nSPS) is 23.2. The van der Waals surface area contributed by atoms with E-state index in [9.17, 15) is 0 Å². The van der Waals surface area contributed by atoms with Crippen molar-refractivity contribution in [1.82, 2.24) is 10.6 Å². The van der Waals surface area contributed by atoms with Crippen LogP contribution in [-0.4, -0.2) is 37.1 Å². The van der Waals surface area contributed by atoms with Crippen LogP contribution in [0.3, 0.4) is 0 Å². The third kappa shape index (κ3) is 3.89. The molecule has 1 fully saturated rings. The largest absolute Gasteiger partial charge is 0.357 e. The number of rotatable bonds is 3. The monoisotopic (exact) mass is 201 g/mol. The fourth-order valence-electron chi connectivity index (χ4n) is 1.40. The summed E-state index contributed by atoms with van der Waals surface area (Å²) in [6.45, 7) is 4.05. The molecule has 0 radical (unpaired) electrons. The molecular formula is C9H19N3S. The maximum absolute atomic E-state index is 4.12. The molecule has 1 saturated heterocycles. The van der Waals surface area contributed by atoms with Crippen LogP contribution in [0, 0.1) is 0 Å². The van der Waals surface area contributed by atoms with Gasteiger partial charge in [-0.2, -0.15) is 11.8 Å². The summed E-state index contributed by atoms with van der Waals surface area (Å²) in [6.07, 6.45) is 2.72. The van der Waals surface area contributed by atoms with Crippen molar-refractivity contribution in [3.05, 3.63) is 0 Å². The maximum Gasteiger partial charge on any atom is 0.191 e. The molecule has 1 atom stereocenters. The molecule has 0 spiro atoms. The summed E-state index contributed by atoms with van der Waals surface area (Å²) in [5.41, 5.74) is 0. The first-order valence-electron chi connectivity index (χ1n) is 4.93. The lowest BCUT2D eigenvalue weighted by Gasteiger charge is -2.13. The van der Waals surface area contributed by atoms with Crippen LogP contribution in [0.4, 0.5) is 0 Å². The van der Waals surface area contributed by atoms with Crippen LogP contribution in [-0.2, 0) is 0 Å². The molecule has 1 aliphatic heterocycles. The topological polar surface area (TPSA) is 36.4 Å². The fourth-order valence-corrected chi connectivity index (χ4v) is 2.61. The Morgan fingerprint density at radius 1 is 1.54 bits per heavy atom. The highest BCUT2D eigenvalue weighted by molar-refractivity contribution is 8.00. The Kier molecular flexibility index (Phi) is 5.05. The number of guanidine groups is 1. The van der Waals surface area contributed by atoms with Gasteiger partial charge in [0.05, 0.1) is 0 Å². The summed E-state index contributed by atoms with van der Waals surface area (Å²) in [5.74, 6) is 2.25. The molecule has 0 aliphatic carbocycles. The van der Waals surface area contributed by atoms with Crippen LogP contribution >= 0.6 is 11.8 Å². The molecule has 0 amide bonds.